The average Bonchev–Trinajstić information content (AvgIpc) is 1.79. The molecule has 50 valence electrons. The van der Waals surface area contributed by atoms with Crippen molar-refractivity contribution in [3.63, 3.8) is 0 Å². The molecule has 0 aromatic rings. The number of alkyl halides is 2. The van der Waals surface area contributed by atoms with Gasteiger partial charge >= 0.3 is 0 Å². The standard InChI is InChI=1S/C7H8F2/c1-5-3-7(8,9)4-6(5)2/h1-4H2. The third-order valence-corrected chi connectivity index (χ3v) is 1.44. The van der Waals surface area contributed by atoms with Crippen molar-refractivity contribution in [3.05, 3.63) is 24.3 Å². The lowest BCUT2D eigenvalue weighted by molar-refractivity contribution is 0.0168. The quantitative estimate of drug-likeness (QED) is 0.472. The Balaban J connectivity index is 2.76. The molecule has 0 bridgehead atoms. The second-order valence-corrected chi connectivity index (χ2v) is 2.42. The molecule has 9 heavy (non-hydrogen) atoms. The van der Waals surface area contributed by atoms with Gasteiger partial charge in [-0.2, -0.15) is 0 Å². The summed E-state index contributed by atoms with van der Waals surface area (Å²) in [7, 11) is 0. The average molecular weight is 130 g/mol. The van der Waals surface area contributed by atoms with E-state index in [2.05, 4.69) is 13.2 Å². The SMILES string of the molecule is C=C1CC(F)(F)CC1=C. The summed E-state index contributed by atoms with van der Waals surface area (Å²) in [6.45, 7) is 6.90. The highest BCUT2D eigenvalue weighted by Crippen LogP contribution is 2.40. The lowest BCUT2D eigenvalue weighted by atomic mass is 10.2. The third-order valence-electron chi connectivity index (χ3n) is 1.44. The largest absolute Gasteiger partial charge is 0.256 e. The van der Waals surface area contributed by atoms with Crippen LogP contribution in [0.3, 0.4) is 0 Å². The fourth-order valence-electron chi connectivity index (χ4n) is 0.937. The van der Waals surface area contributed by atoms with Crippen LogP contribution in [0.2, 0.25) is 0 Å². The van der Waals surface area contributed by atoms with Crippen LogP contribution in [-0.4, -0.2) is 5.92 Å². The van der Waals surface area contributed by atoms with Crippen LogP contribution in [0.1, 0.15) is 12.8 Å². The van der Waals surface area contributed by atoms with Crippen LogP contribution in [0.15, 0.2) is 24.3 Å². The maximum atomic E-state index is 12.3. The van der Waals surface area contributed by atoms with Crippen LogP contribution >= 0.6 is 0 Å². The van der Waals surface area contributed by atoms with Crippen LogP contribution in [0.5, 0.6) is 0 Å². The van der Waals surface area contributed by atoms with Gasteiger partial charge < -0.3 is 0 Å². The molecule has 1 rings (SSSR count). The Labute approximate surface area is 52.9 Å². The molecule has 0 aromatic carbocycles. The third kappa shape index (κ3) is 1.18. The van der Waals surface area contributed by atoms with Gasteiger partial charge in [0, 0.05) is 12.8 Å². The van der Waals surface area contributed by atoms with Gasteiger partial charge in [-0.15, -0.1) is 0 Å². The van der Waals surface area contributed by atoms with Crippen molar-refractivity contribution in [2.45, 2.75) is 18.8 Å². The molecule has 0 atom stereocenters. The Kier molecular flexibility index (Phi) is 1.19. The molecule has 1 aliphatic carbocycles. The molecule has 2 heteroatoms. The lowest BCUT2D eigenvalue weighted by Crippen LogP contribution is -2.07. The first-order valence-corrected chi connectivity index (χ1v) is 2.75. The first-order valence-electron chi connectivity index (χ1n) is 2.75. The summed E-state index contributed by atoms with van der Waals surface area (Å²) in [5.74, 6) is -2.56. The summed E-state index contributed by atoms with van der Waals surface area (Å²) in [4.78, 5) is 0. The van der Waals surface area contributed by atoms with Crippen LogP contribution in [0.4, 0.5) is 8.78 Å². The van der Waals surface area contributed by atoms with Gasteiger partial charge in [-0.3, -0.25) is 0 Å². The Morgan fingerprint density at radius 1 is 1.11 bits per heavy atom. The number of hydrogen-bond acceptors (Lipinski definition) is 0. The molecule has 0 N–H and O–H groups in total. The first kappa shape index (κ1) is 6.46. The molecule has 1 aliphatic rings. The molecular weight excluding hydrogens is 122 g/mol. The number of hydrogen-bond donors (Lipinski definition) is 0. The second kappa shape index (κ2) is 1.66. The predicted molar refractivity (Wildman–Crippen MR) is 32.5 cm³/mol. The summed E-state index contributed by atoms with van der Waals surface area (Å²) in [5.41, 5.74) is 1.00. The topological polar surface area (TPSA) is 0 Å². The van der Waals surface area contributed by atoms with E-state index in [0.717, 1.165) is 0 Å². The van der Waals surface area contributed by atoms with Crippen LogP contribution < -0.4 is 0 Å². The van der Waals surface area contributed by atoms with Gasteiger partial charge in [0.2, 0.25) is 0 Å². The zero-order valence-electron chi connectivity index (χ0n) is 5.08. The van der Waals surface area contributed by atoms with Crippen molar-refractivity contribution >= 4 is 0 Å². The molecule has 0 heterocycles. The van der Waals surface area contributed by atoms with Crippen molar-refractivity contribution in [2.24, 2.45) is 0 Å². The van der Waals surface area contributed by atoms with E-state index in [1.165, 1.54) is 0 Å². The molecule has 0 nitrogen and oxygen atoms in total. The van der Waals surface area contributed by atoms with E-state index in [0.29, 0.717) is 11.1 Å². The van der Waals surface area contributed by atoms with E-state index in [-0.39, 0.29) is 12.8 Å². The van der Waals surface area contributed by atoms with E-state index < -0.39 is 5.92 Å². The summed E-state index contributed by atoms with van der Waals surface area (Å²) < 4.78 is 24.6. The molecule has 0 amide bonds. The Bertz CT molecular complexity index is 150. The lowest BCUT2D eigenvalue weighted by Gasteiger charge is -2.02. The van der Waals surface area contributed by atoms with E-state index >= 15 is 0 Å². The maximum absolute atomic E-state index is 12.3. The smallest absolute Gasteiger partial charge is 0.206 e. The van der Waals surface area contributed by atoms with Gasteiger partial charge in [0.05, 0.1) is 0 Å². The molecule has 0 saturated heterocycles. The van der Waals surface area contributed by atoms with Crippen molar-refractivity contribution in [2.75, 3.05) is 0 Å². The zero-order chi connectivity index (χ0) is 7.07. The molecule has 0 spiro atoms. The monoisotopic (exact) mass is 130 g/mol. The van der Waals surface area contributed by atoms with Gasteiger partial charge in [-0.1, -0.05) is 13.2 Å². The van der Waals surface area contributed by atoms with Crippen LogP contribution in [-0.2, 0) is 0 Å². The molecule has 0 radical (unpaired) electrons. The van der Waals surface area contributed by atoms with E-state index in [1.54, 1.807) is 0 Å². The number of allylic oxidation sites excluding steroid dienone is 2. The van der Waals surface area contributed by atoms with E-state index in [1.807, 2.05) is 0 Å². The summed E-state index contributed by atoms with van der Waals surface area (Å²) >= 11 is 0. The van der Waals surface area contributed by atoms with E-state index in [4.69, 9.17) is 0 Å². The summed E-state index contributed by atoms with van der Waals surface area (Å²) in [6, 6.07) is 0. The fourth-order valence-corrected chi connectivity index (χ4v) is 0.937. The van der Waals surface area contributed by atoms with Crippen molar-refractivity contribution in [1.82, 2.24) is 0 Å². The van der Waals surface area contributed by atoms with E-state index in [9.17, 15) is 8.78 Å². The van der Waals surface area contributed by atoms with Crippen LogP contribution in [0, 0.1) is 0 Å². The van der Waals surface area contributed by atoms with Gasteiger partial charge in [0.15, 0.2) is 0 Å². The fraction of sp³-hybridized carbons (Fsp3) is 0.429. The van der Waals surface area contributed by atoms with Gasteiger partial charge in [0.1, 0.15) is 0 Å². The molecule has 0 aromatic heterocycles. The Hall–Kier alpha value is -0.660. The van der Waals surface area contributed by atoms with Crippen molar-refractivity contribution in [1.29, 1.82) is 0 Å². The Morgan fingerprint density at radius 2 is 1.44 bits per heavy atom. The molecular formula is C7H8F2. The Morgan fingerprint density at radius 3 is 1.56 bits per heavy atom. The minimum Gasteiger partial charge on any atom is -0.206 e. The number of halogens is 2. The second-order valence-electron chi connectivity index (χ2n) is 2.42. The van der Waals surface area contributed by atoms with Crippen LogP contribution in [0.25, 0.3) is 0 Å². The molecule has 0 unspecified atom stereocenters. The zero-order valence-corrected chi connectivity index (χ0v) is 5.08. The summed E-state index contributed by atoms with van der Waals surface area (Å²) in [5, 5.41) is 0. The first-order chi connectivity index (χ1) is 4.01. The van der Waals surface area contributed by atoms with Gasteiger partial charge in [0.25, 0.3) is 5.92 Å². The highest BCUT2D eigenvalue weighted by Gasteiger charge is 2.37. The molecule has 1 fully saturated rings. The molecule has 1 saturated carbocycles. The minimum absolute atomic E-state index is 0.203. The highest BCUT2D eigenvalue weighted by molar-refractivity contribution is 5.33. The number of rotatable bonds is 0. The van der Waals surface area contributed by atoms with Crippen molar-refractivity contribution in [3.8, 4) is 0 Å². The highest BCUT2D eigenvalue weighted by atomic mass is 19.3. The predicted octanol–water partition coefficient (Wildman–Crippen LogP) is 2.53. The van der Waals surface area contributed by atoms with Crippen molar-refractivity contribution < 1.29 is 8.78 Å². The normalized spacial score (nSPS) is 25.1. The van der Waals surface area contributed by atoms with Gasteiger partial charge in [-0.25, -0.2) is 8.78 Å². The maximum Gasteiger partial charge on any atom is 0.256 e. The minimum atomic E-state index is -2.56. The molecule has 0 aliphatic heterocycles. The summed E-state index contributed by atoms with van der Waals surface area (Å²) in [6.07, 6.45) is -0.405. The van der Waals surface area contributed by atoms with Gasteiger partial charge in [-0.05, 0) is 11.1 Å².